The summed E-state index contributed by atoms with van der Waals surface area (Å²) in [7, 11) is -3.25. The van der Waals surface area contributed by atoms with E-state index in [0.29, 0.717) is 0 Å². The number of benzene rings is 1. The van der Waals surface area contributed by atoms with Crippen LogP contribution in [0.1, 0.15) is 30.4 Å². The molecule has 0 bridgehead atoms. The molecule has 1 aromatic rings. The highest BCUT2D eigenvalue weighted by molar-refractivity contribution is 7.90. The van der Waals surface area contributed by atoms with E-state index in [9.17, 15) is 13.2 Å². The van der Waals surface area contributed by atoms with Crippen LogP contribution in [0.25, 0.3) is 0 Å². The largest absolute Gasteiger partial charge is 0.481 e. The monoisotopic (exact) mass is 268 g/mol. The van der Waals surface area contributed by atoms with Crippen molar-refractivity contribution in [2.45, 2.75) is 36.5 Å². The molecular formula is C13H16O4S. The molecule has 0 spiro atoms. The second-order valence-corrected chi connectivity index (χ2v) is 7.12. The molecule has 0 radical (unpaired) electrons. The number of carbonyl (C=O) groups is 1. The van der Waals surface area contributed by atoms with Crippen LogP contribution in [-0.2, 0) is 20.0 Å². The lowest BCUT2D eigenvalue weighted by molar-refractivity contribution is -0.137. The van der Waals surface area contributed by atoms with Crippen molar-refractivity contribution in [2.24, 2.45) is 0 Å². The number of hydrogen-bond donors (Lipinski definition) is 1. The number of aliphatic carboxylic acids is 1. The van der Waals surface area contributed by atoms with E-state index >= 15 is 0 Å². The highest BCUT2D eigenvalue weighted by atomic mass is 32.2. The Bertz CT molecular complexity index is 597. The second kappa shape index (κ2) is 4.09. The van der Waals surface area contributed by atoms with Crippen molar-refractivity contribution in [1.82, 2.24) is 0 Å². The minimum absolute atomic E-state index is 0.0705. The van der Waals surface area contributed by atoms with E-state index in [-0.39, 0.29) is 16.7 Å². The average molecular weight is 268 g/mol. The van der Waals surface area contributed by atoms with Gasteiger partial charge in [-0.05, 0) is 43.0 Å². The van der Waals surface area contributed by atoms with Crippen LogP contribution in [0, 0.1) is 6.92 Å². The number of rotatable bonds is 4. The Kier molecular flexibility index (Phi) is 2.97. The Morgan fingerprint density at radius 3 is 2.44 bits per heavy atom. The lowest BCUT2D eigenvalue weighted by Gasteiger charge is -2.17. The maximum atomic E-state index is 11.5. The van der Waals surface area contributed by atoms with E-state index in [1.165, 1.54) is 0 Å². The van der Waals surface area contributed by atoms with E-state index < -0.39 is 15.8 Å². The molecule has 2 rings (SSSR count). The summed E-state index contributed by atoms with van der Waals surface area (Å²) in [4.78, 5) is 11.2. The number of sulfone groups is 1. The predicted octanol–water partition coefficient (Wildman–Crippen LogP) is 1.90. The van der Waals surface area contributed by atoms with Gasteiger partial charge in [-0.25, -0.2) is 8.42 Å². The molecule has 0 aliphatic heterocycles. The molecule has 0 unspecified atom stereocenters. The minimum Gasteiger partial charge on any atom is -0.481 e. The normalized spacial score (nSPS) is 17.4. The Morgan fingerprint density at radius 2 is 2.00 bits per heavy atom. The summed E-state index contributed by atoms with van der Waals surface area (Å²) in [6, 6.07) is 4.97. The molecule has 5 heteroatoms. The van der Waals surface area contributed by atoms with Gasteiger partial charge in [0.2, 0.25) is 0 Å². The van der Waals surface area contributed by atoms with Gasteiger partial charge in [-0.3, -0.25) is 4.79 Å². The van der Waals surface area contributed by atoms with Gasteiger partial charge in [0.15, 0.2) is 9.84 Å². The third-order valence-corrected chi connectivity index (χ3v) is 4.66. The Balaban J connectivity index is 2.48. The quantitative estimate of drug-likeness (QED) is 0.905. The predicted molar refractivity (Wildman–Crippen MR) is 67.5 cm³/mol. The van der Waals surface area contributed by atoms with E-state index in [1.54, 1.807) is 18.2 Å². The number of hydrogen-bond acceptors (Lipinski definition) is 3. The van der Waals surface area contributed by atoms with E-state index in [2.05, 4.69) is 0 Å². The van der Waals surface area contributed by atoms with Crippen molar-refractivity contribution in [1.29, 1.82) is 0 Å². The van der Waals surface area contributed by atoms with Gasteiger partial charge in [-0.2, -0.15) is 0 Å². The molecule has 1 aliphatic carbocycles. The van der Waals surface area contributed by atoms with Crippen LogP contribution in [0.2, 0.25) is 0 Å². The molecule has 1 saturated carbocycles. The van der Waals surface area contributed by atoms with Crippen molar-refractivity contribution in [3.8, 4) is 0 Å². The molecule has 0 heterocycles. The van der Waals surface area contributed by atoms with Crippen molar-refractivity contribution in [3.05, 3.63) is 29.3 Å². The van der Waals surface area contributed by atoms with Gasteiger partial charge in [0.25, 0.3) is 0 Å². The van der Waals surface area contributed by atoms with Crippen molar-refractivity contribution >= 4 is 15.8 Å². The summed E-state index contributed by atoms with van der Waals surface area (Å²) in [6.07, 6.45) is 2.86. The average Bonchev–Trinajstić information content (AvgIpc) is 2.96. The maximum absolute atomic E-state index is 11.5. The number of aryl methyl sites for hydroxylation is 1. The molecule has 4 nitrogen and oxygen atoms in total. The van der Waals surface area contributed by atoms with E-state index in [0.717, 1.165) is 30.2 Å². The first-order chi connectivity index (χ1) is 8.24. The molecule has 0 atom stereocenters. The molecular weight excluding hydrogens is 252 g/mol. The Hall–Kier alpha value is -1.36. The first-order valence-electron chi connectivity index (χ1n) is 5.78. The van der Waals surface area contributed by atoms with E-state index in [1.807, 2.05) is 6.92 Å². The fraction of sp³-hybridized carbons (Fsp3) is 0.462. The van der Waals surface area contributed by atoms with Gasteiger partial charge < -0.3 is 5.11 Å². The van der Waals surface area contributed by atoms with Gasteiger partial charge >= 0.3 is 5.97 Å². The smallest absolute Gasteiger partial charge is 0.304 e. The molecule has 1 aromatic carbocycles. The maximum Gasteiger partial charge on any atom is 0.304 e. The van der Waals surface area contributed by atoms with Gasteiger partial charge in [0.05, 0.1) is 11.3 Å². The lowest BCUT2D eigenvalue weighted by Crippen LogP contribution is -2.15. The second-order valence-electron chi connectivity index (χ2n) is 5.10. The molecule has 1 fully saturated rings. The molecule has 0 aromatic heterocycles. The first kappa shape index (κ1) is 13.1. The molecule has 98 valence electrons. The summed E-state index contributed by atoms with van der Waals surface area (Å²) in [5.41, 5.74) is 1.48. The van der Waals surface area contributed by atoms with Gasteiger partial charge in [-0.1, -0.05) is 6.07 Å². The molecule has 0 amide bonds. The summed E-state index contributed by atoms with van der Waals surface area (Å²) < 4.78 is 23.1. The van der Waals surface area contributed by atoms with Gasteiger partial charge in [0.1, 0.15) is 0 Å². The summed E-state index contributed by atoms with van der Waals surface area (Å²) >= 11 is 0. The van der Waals surface area contributed by atoms with Crippen LogP contribution < -0.4 is 0 Å². The SMILES string of the molecule is Cc1ccc(S(C)(=O)=O)cc1C1(CC(=O)O)CC1. The van der Waals surface area contributed by atoms with Crippen LogP contribution in [0.15, 0.2) is 23.1 Å². The zero-order valence-electron chi connectivity index (χ0n) is 10.4. The van der Waals surface area contributed by atoms with Crippen LogP contribution >= 0.6 is 0 Å². The van der Waals surface area contributed by atoms with E-state index in [4.69, 9.17) is 5.11 Å². The van der Waals surface area contributed by atoms with Crippen LogP contribution in [0.5, 0.6) is 0 Å². The first-order valence-corrected chi connectivity index (χ1v) is 7.67. The highest BCUT2D eigenvalue weighted by Crippen LogP contribution is 2.52. The van der Waals surface area contributed by atoms with Gasteiger partial charge in [0, 0.05) is 11.7 Å². The van der Waals surface area contributed by atoms with Crippen LogP contribution in [-0.4, -0.2) is 25.7 Å². The highest BCUT2D eigenvalue weighted by Gasteiger charge is 2.47. The molecule has 0 saturated heterocycles. The van der Waals surface area contributed by atoms with Crippen LogP contribution in [0.4, 0.5) is 0 Å². The zero-order valence-corrected chi connectivity index (χ0v) is 11.3. The molecule has 18 heavy (non-hydrogen) atoms. The summed E-state index contributed by atoms with van der Waals surface area (Å²) in [5, 5.41) is 8.95. The summed E-state index contributed by atoms with van der Waals surface area (Å²) in [6.45, 7) is 1.89. The fourth-order valence-electron chi connectivity index (χ4n) is 2.38. The molecule has 1 N–H and O–H groups in total. The number of carboxylic acids is 1. The topological polar surface area (TPSA) is 71.4 Å². The van der Waals surface area contributed by atoms with Crippen molar-refractivity contribution in [2.75, 3.05) is 6.26 Å². The number of carboxylic acid groups (broad SMARTS) is 1. The Morgan fingerprint density at radius 1 is 1.39 bits per heavy atom. The minimum atomic E-state index is -3.25. The third-order valence-electron chi connectivity index (χ3n) is 3.55. The molecule has 1 aliphatic rings. The summed E-state index contributed by atoms with van der Waals surface area (Å²) in [5.74, 6) is -0.836. The van der Waals surface area contributed by atoms with Crippen molar-refractivity contribution < 1.29 is 18.3 Å². The third kappa shape index (κ3) is 2.41. The lowest BCUT2D eigenvalue weighted by atomic mass is 9.89. The van der Waals surface area contributed by atoms with Crippen LogP contribution in [0.3, 0.4) is 0 Å². The zero-order chi connectivity index (χ0) is 13.6. The fourth-order valence-corrected chi connectivity index (χ4v) is 3.03. The standard InChI is InChI=1S/C13H16O4S/c1-9-3-4-10(18(2,16)17)7-11(9)13(5-6-13)8-12(14)15/h3-4,7H,5-6,8H2,1-2H3,(H,14,15). The Labute approximate surface area is 107 Å². The van der Waals surface area contributed by atoms with Gasteiger partial charge in [-0.15, -0.1) is 0 Å². The van der Waals surface area contributed by atoms with Crippen molar-refractivity contribution in [3.63, 3.8) is 0 Å².